The Morgan fingerprint density at radius 1 is 1.19 bits per heavy atom. The minimum Gasteiger partial charge on any atom is -0.481 e. The van der Waals surface area contributed by atoms with E-state index in [2.05, 4.69) is 15.6 Å². The molecule has 0 amide bonds. The standard InChI is InChI=1S/C22H25FN2O/c1-15-16(7-6-10-20(15)23)11-19-12-17-14-24-22(26-2)13-21(17)25(19)18-8-4-3-5-9-18/h6-7,10,12-14,18H,3-5,8-9,11H2,1-2H3. The van der Waals surface area contributed by atoms with Crippen molar-refractivity contribution in [3.8, 4) is 5.88 Å². The Balaban J connectivity index is 1.83. The van der Waals surface area contributed by atoms with Gasteiger partial charge in [0.25, 0.3) is 0 Å². The lowest BCUT2D eigenvalue weighted by Crippen LogP contribution is -2.15. The van der Waals surface area contributed by atoms with Gasteiger partial charge in [-0.3, -0.25) is 0 Å². The zero-order valence-corrected chi connectivity index (χ0v) is 15.5. The second-order valence-electron chi connectivity index (χ2n) is 7.28. The van der Waals surface area contributed by atoms with Crippen LogP contribution in [0.3, 0.4) is 0 Å². The average Bonchev–Trinajstić information content (AvgIpc) is 3.03. The van der Waals surface area contributed by atoms with Crippen molar-refractivity contribution >= 4 is 10.9 Å². The van der Waals surface area contributed by atoms with Gasteiger partial charge >= 0.3 is 0 Å². The number of halogens is 1. The first-order valence-electron chi connectivity index (χ1n) is 9.45. The van der Waals surface area contributed by atoms with Crippen molar-refractivity contribution in [3.63, 3.8) is 0 Å². The molecule has 0 saturated heterocycles. The van der Waals surface area contributed by atoms with E-state index in [9.17, 15) is 4.39 Å². The Bertz CT molecular complexity index is 925. The predicted octanol–water partition coefficient (Wildman–Crippen LogP) is 5.59. The van der Waals surface area contributed by atoms with Crippen molar-refractivity contribution in [2.75, 3.05) is 7.11 Å². The number of aromatic nitrogens is 2. The molecular weight excluding hydrogens is 327 g/mol. The van der Waals surface area contributed by atoms with Gasteiger partial charge in [-0.05, 0) is 43.0 Å². The maximum absolute atomic E-state index is 14.0. The number of benzene rings is 1. The molecule has 0 aliphatic heterocycles. The maximum atomic E-state index is 14.0. The lowest BCUT2D eigenvalue weighted by Gasteiger charge is -2.27. The van der Waals surface area contributed by atoms with Crippen LogP contribution in [0.5, 0.6) is 5.88 Å². The van der Waals surface area contributed by atoms with Crippen molar-refractivity contribution in [2.24, 2.45) is 0 Å². The quantitative estimate of drug-likeness (QED) is 0.612. The molecule has 1 saturated carbocycles. The Morgan fingerprint density at radius 2 is 2.00 bits per heavy atom. The van der Waals surface area contributed by atoms with E-state index in [1.54, 1.807) is 13.2 Å². The summed E-state index contributed by atoms with van der Waals surface area (Å²) in [5.74, 6) is 0.507. The third kappa shape index (κ3) is 3.09. The SMILES string of the molecule is COc1cc2c(cn1)cc(Cc1cccc(F)c1C)n2C1CCCCC1. The fourth-order valence-corrected chi connectivity index (χ4v) is 4.22. The number of pyridine rings is 1. The van der Waals surface area contributed by atoms with Crippen molar-refractivity contribution in [1.29, 1.82) is 0 Å². The smallest absolute Gasteiger partial charge is 0.215 e. The topological polar surface area (TPSA) is 27.1 Å². The summed E-state index contributed by atoms with van der Waals surface area (Å²) >= 11 is 0. The molecule has 0 radical (unpaired) electrons. The molecule has 2 aromatic heterocycles. The largest absolute Gasteiger partial charge is 0.481 e. The van der Waals surface area contributed by atoms with Crippen LogP contribution < -0.4 is 4.74 Å². The van der Waals surface area contributed by atoms with Crippen molar-refractivity contribution < 1.29 is 9.13 Å². The van der Waals surface area contributed by atoms with Gasteiger partial charge in [-0.2, -0.15) is 0 Å². The van der Waals surface area contributed by atoms with Crippen molar-refractivity contribution in [2.45, 2.75) is 51.5 Å². The Kier molecular flexibility index (Phi) is 4.66. The normalized spacial score (nSPS) is 15.5. The summed E-state index contributed by atoms with van der Waals surface area (Å²) in [6, 6.07) is 10.1. The Hall–Kier alpha value is -2.36. The number of fused-ring (bicyclic) bond motifs is 1. The van der Waals surface area contributed by atoms with Crippen molar-refractivity contribution in [3.05, 3.63) is 59.2 Å². The number of hydrogen-bond donors (Lipinski definition) is 0. The highest BCUT2D eigenvalue weighted by Gasteiger charge is 2.21. The van der Waals surface area contributed by atoms with Gasteiger partial charge in [0.05, 0.1) is 12.6 Å². The third-order valence-electron chi connectivity index (χ3n) is 5.68. The molecule has 4 heteroatoms. The second kappa shape index (κ2) is 7.10. The van der Waals surface area contributed by atoms with E-state index in [1.165, 1.54) is 49.4 Å². The first-order valence-corrected chi connectivity index (χ1v) is 9.45. The maximum Gasteiger partial charge on any atom is 0.215 e. The Labute approximate surface area is 153 Å². The van der Waals surface area contributed by atoms with E-state index in [-0.39, 0.29) is 5.82 Å². The molecule has 0 spiro atoms. The van der Waals surface area contributed by atoms with E-state index in [0.29, 0.717) is 11.9 Å². The highest BCUT2D eigenvalue weighted by Crippen LogP contribution is 2.35. The summed E-state index contributed by atoms with van der Waals surface area (Å²) < 4.78 is 21.8. The van der Waals surface area contributed by atoms with Gasteiger partial charge < -0.3 is 9.30 Å². The van der Waals surface area contributed by atoms with Crippen molar-refractivity contribution in [1.82, 2.24) is 9.55 Å². The van der Waals surface area contributed by atoms with Crippen LogP contribution in [0.4, 0.5) is 4.39 Å². The number of methoxy groups -OCH3 is 1. The highest BCUT2D eigenvalue weighted by atomic mass is 19.1. The first kappa shape index (κ1) is 17.1. The number of rotatable bonds is 4. The number of nitrogens with zero attached hydrogens (tertiary/aromatic N) is 2. The molecule has 0 N–H and O–H groups in total. The molecule has 0 bridgehead atoms. The molecule has 0 atom stereocenters. The zero-order valence-electron chi connectivity index (χ0n) is 15.5. The lowest BCUT2D eigenvalue weighted by atomic mass is 9.94. The summed E-state index contributed by atoms with van der Waals surface area (Å²) in [5, 5.41) is 1.13. The first-order chi connectivity index (χ1) is 12.7. The summed E-state index contributed by atoms with van der Waals surface area (Å²) in [4.78, 5) is 4.37. The van der Waals surface area contributed by atoms with Gasteiger partial charge in [0.1, 0.15) is 5.82 Å². The van der Waals surface area contributed by atoms with Crippen LogP contribution in [-0.2, 0) is 6.42 Å². The fourth-order valence-electron chi connectivity index (χ4n) is 4.22. The van der Waals surface area contributed by atoms with Gasteiger partial charge in [-0.1, -0.05) is 31.4 Å². The van der Waals surface area contributed by atoms with E-state index < -0.39 is 0 Å². The molecule has 3 nitrogen and oxygen atoms in total. The summed E-state index contributed by atoms with van der Waals surface area (Å²) in [6.45, 7) is 1.86. The van der Waals surface area contributed by atoms with Crippen LogP contribution in [-0.4, -0.2) is 16.7 Å². The van der Waals surface area contributed by atoms with Gasteiger partial charge in [0.15, 0.2) is 0 Å². The van der Waals surface area contributed by atoms with Crippen LogP contribution in [0.2, 0.25) is 0 Å². The van der Waals surface area contributed by atoms with Gasteiger partial charge in [-0.15, -0.1) is 0 Å². The van der Waals surface area contributed by atoms with Crippen LogP contribution >= 0.6 is 0 Å². The molecule has 0 unspecified atom stereocenters. The summed E-state index contributed by atoms with van der Waals surface area (Å²) in [7, 11) is 1.65. The number of hydrogen-bond acceptors (Lipinski definition) is 2. The molecule has 1 fully saturated rings. The predicted molar refractivity (Wildman–Crippen MR) is 102 cm³/mol. The average molecular weight is 352 g/mol. The molecule has 1 aliphatic carbocycles. The van der Waals surface area contributed by atoms with E-state index in [0.717, 1.165) is 22.9 Å². The molecule has 136 valence electrons. The second-order valence-corrected chi connectivity index (χ2v) is 7.28. The summed E-state index contributed by atoms with van der Waals surface area (Å²) in [6.07, 6.45) is 8.87. The van der Waals surface area contributed by atoms with Gasteiger partial charge in [0.2, 0.25) is 5.88 Å². The lowest BCUT2D eigenvalue weighted by molar-refractivity contribution is 0.354. The number of ether oxygens (including phenoxy) is 1. The summed E-state index contributed by atoms with van der Waals surface area (Å²) in [5.41, 5.74) is 4.19. The van der Waals surface area contributed by atoms with Crippen LogP contribution in [0.1, 0.15) is 55.0 Å². The fraction of sp³-hybridized carbons (Fsp3) is 0.409. The molecular formula is C22H25FN2O. The Morgan fingerprint density at radius 3 is 2.77 bits per heavy atom. The zero-order chi connectivity index (χ0) is 18.1. The minimum absolute atomic E-state index is 0.133. The molecule has 1 aliphatic rings. The molecule has 1 aromatic carbocycles. The van der Waals surface area contributed by atoms with E-state index in [1.807, 2.05) is 25.3 Å². The molecule has 2 heterocycles. The monoisotopic (exact) mass is 352 g/mol. The van der Waals surface area contributed by atoms with Gasteiger partial charge in [-0.25, -0.2) is 9.37 Å². The van der Waals surface area contributed by atoms with E-state index in [4.69, 9.17) is 4.74 Å². The molecule has 26 heavy (non-hydrogen) atoms. The highest BCUT2D eigenvalue weighted by molar-refractivity contribution is 5.81. The third-order valence-corrected chi connectivity index (χ3v) is 5.68. The van der Waals surface area contributed by atoms with Crippen LogP contribution in [0.25, 0.3) is 10.9 Å². The van der Waals surface area contributed by atoms with Crippen LogP contribution in [0, 0.1) is 12.7 Å². The molecule has 4 rings (SSSR count). The van der Waals surface area contributed by atoms with Crippen LogP contribution in [0.15, 0.2) is 36.5 Å². The molecule has 3 aromatic rings. The van der Waals surface area contributed by atoms with Gasteiger partial charge in [0, 0.05) is 35.8 Å². The van der Waals surface area contributed by atoms with E-state index >= 15 is 0 Å². The minimum atomic E-state index is -0.133.